The Labute approximate surface area is 105 Å². The molecule has 0 bridgehead atoms. The van der Waals surface area contributed by atoms with Crippen LogP contribution in [0.4, 0.5) is 15.5 Å². The number of carbonyl (C=O) groups is 2. The van der Waals surface area contributed by atoms with Gasteiger partial charge in [0.25, 0.3) is 0 Å². The summed E-state index contributed by atoms with van der Waals surface area (Å²) in [6.07, 6.45) is -0.419. The first-order chi connectivity index (χ1) is 8.01. The first kappa shape index (κ1) is 15.4. The van der Waals surface area contributed by atoms with Crippen molar-refractivity contribution < 1.29 is 14.3 Å². The van der Waals surface area contributed by atoms with E-state index in [1.165, 1.54) is 25.2 Å². The van der Waals surface area contributed by atoms with Gasteiger partial charge in [0, 0.05) is 7.05 Å². The van der Waals surface area contributed by atoms with Crippen LogP contribution in [0.25, 0.3) is 0 Å². The molecule has 96 valence electrons. The second-order valence-electron chi connectivity index (χ2n) is 3.17. The highest BCUT2D eigenvalue weighted by Crippen LogP contribution is 2.27. The Bertz CT molecular complexity index is 359. The molecular formula is C11H18N2O3S. The number of amides is 1. The van der Waals surface area contributed by atoms with E-state index in [2.05, 4.69) is 10.6 Å². The third kappa shape index (κ3) is 7.35. The third-order valence-electron chi connectivity index (χ3n) is 1.40. The predicted molar refractivity (Wildman–Crippen MR) is 70.9 cm³/mol. The Balaban J connectivity index is 0.000000557. The monoisotopic (exact) mass is 258 g/mol. The van der Waals surface area contributed by atoms with Gasteiger partial charge in [-0.2, -0.15) is 0 Å². The fraction of sp³-hybridized carbons (Fsp3) is 0.455. The first-order valence-electron chi connectivity index (χ1n) is 5.17. The van der Waals surface area contributed by atoms with Gasteiger partial charge in [-0.15, -0.1) is 11.3 Å². The van der Waals surface area contributed by atoms with Gasteiger partial charge in [-0.1, -0.05) is 0 Å². The summed E-state index contributed by atoms with van der Waals surface area (Å²) < 4.78 is 4.74. The molecule has 5 nitrogen and oxygen atoms in total. The van der Waals surface area contributed by atoms with E-state index in [4.69, 9.17) is 4.74 Å². The molecule has 0 radical (unpaired) electrons. The smallest absolute Gasteiger partial charge is 0.411 e. The van der Waals surface area contributed by atoms with Crippen molar-refractivity contribution in [2.45, 2.75) is 20.8 Å². The quantitative estimate of drug-likeness (QED) is 0.874. The van der Waals surface area contributed by atoms with Crippen LogP contribution in [0, 0.1) is 0 Å². The highest BCUT2D eigenvalue weighted by Gasteiger charge is 2.06. The van der Waals surface area contributed by atoms with E-state index in [1.54, 1.807) is 6.92 Å². The summed E-state index contributed by atoms with van der Waals surface area (Å²) in [5, 5.41) is 8.42. The summed E-state index contributed by atoms with van der Waals surface area (Å²) in [6.45, 7) is 5.21. The largest absolute Gasteiger partial charge is 0.450 e. The van der Waals surface area contributed by atoms with Crippen LogP contribution in [0.1, 0.15) is 20.8 Å². The fourth-order valence-electron chi connectivity index (χ4n) is 0.878. The van der Waals surface area contributed by atoms with Gasteiger partial charge in [-0.05, 0) is 32.2 Å². The zero-order valence-corrected chi connectivity index (χ0v) is 11.3. The number of carbonyl (C=O) groups excluding carboxylic acids is 2. The molecule has 2 N–H and O–H groups in total. The zero-order valence-electron chi connectivity index (χ0n) is 10.5. The van der Waals surface area contributed by atoms with Gasteiger partial charge in [0.1, 0.15) is 10.8 Å². The zero-order chi connectivity index (χ0) is 13.3. The van der Waals surface area contributed by atoms with Gasteiger partial charge in [-0.3, -0.25) is 5.32 Å². The third-order valence-corrected chi connectivity index (χ3v) is 2.34. The molecule has 1 aromatic heterocycles. The summed E-state index contributed by atoms with van der Waals surface area (Å²) in [4.78, 5) is 20.5. The van der Waals surface area contributed by atoms with Gasteiger partial charge in [-0.25, -0.2) is 4.79 Å². The molecule has 0 aliphatic carbocycles. The number of thiophene rings is 1. The molecule has 6 heteroatoms. The van der Waals surface area contributed by atoms with Crippen molar-refractivity contribution in [2.75, 3.05) is 24.3 Å². The molecule has 0 unspecified atom stereocenters. The van der Waals surface area contributed by atoms with Gasteiger partial charge < -0.3 is 14.8 Å². The number of ketones is 1. The lowest BCUT2D eigenvalue weighted by atomic mass is 10.5. The maximum Gasteiger partial charge on any atom is 0.411 e. The van der Waals surface area contributed by atoms with E-state index in [9.17, 15) is 9.59 Å². The van der Waals surface area contributed by atoms with Crippen molar-refractivity contribution in [3.63, 3.8) is 0 Å². The summed E-state index contributed by atoms with van der Waals surface area (Å²) in [5.41, 5.74) is 0.756. The normalized spacial score (nSPS) is 8.71. The second-order valence-corrected chi connectivity index (χ2v) is 4.08. The topological polar surface area (TPSA) is 67.4 Å². The van der Waals surface area contributed by atoms with Gasteiger partial charge in [0.05, 0.1) is 12.3 Å². The Morgan fingerprint density at radius 2 is 2.00 bits per heavy atom. The van der Waals surface area contributed by atoms with Crippen molar-refractivity contribution >= 4 is 33.9 Å². The summed E-state index contributed by atoms with van der Waals surface area (Å²) in [5.74, 6) is 0.167. The molecule has 0 aliphatic heterocycles. The highest BCUT2D eigenvalue weighted by molar-refractivity contribution is 7.14. The molecule has 17 heavy (non-hydrogen) atoms. The molecule has 0 saturated heterocycles. The lowest BCUT2D eigenvalue weighted by molar-refractivity contribution is -0.114. The molecule has 0 fully saturated rings. The Kier molecular flexibility index (Phi) is 7.79. The molecular weight excluding hydrogens is 240 g/mol. The first-order valence-corrected chi connectivity index (χ1v) is 6.05. The van der Waals surface area contributed by atoms with E-state index < -0.39 is 6.09 Å². The van der Waals surface area contributed by atoms with Crippen LogP contribution < -0.4 is 10.6 Å². The van der Waals surface area contributed by atoms with Crippen LogP contribution >= 0.6 is 11.3 Å². The lowest BCUT2D eigenvalue weighted by Gasteiger charge is -2.05. The summed E-state index contributed by atoms with van der Waals surface area (Å²) in [7, 11) is 1.81. The van der Waals surface area contributed by atoms with Crippen molar-refractivity contribution in [3.05, 3.63) is 11.4 Å². The molecule has 1 heterocycles. The minimum atomic E-state index is -0.419. The number of hydrogen-bond acceptors (Lipinski definition) is 5. The van der Waals surface area contributed by atoms with Crippen LogP contribution in [0.15, 0.2) is 11.4 Å². The van der Waals surface area contributed by atoms with E-state index in [0.717, 1.165) is 10.7 Å². The number of nitrogens with one attached hydrogen (secondary N) is 2. The minimum absolute atomic E-state index is 0.167. The highest BCUT2D eigenvalue weighted by atomic mass is 32.1. The summed E-state index contributed by atoms with van der Waals surface area (Å²) >= 11 is 1.53. The van der Waals surface area contributed by atoms with E-state index in [1.807, 2.05) is 18.5 Å². The minimum Gasteiger partial charge on any atom is -0.450 e. The fourth-order valence-corrected chi connectivity index (χ4v) is 1.58. The number of Topliss-reactive ketones (excluding diaryl/α,β-unsaturated/α-hetero) is 1. The average molecular weight is 258 g/mol. The molecule has 0 spiro atoms. The maximum absolute atomic E-state index is 11.0. The molecule has 1 amide bonds. The van der Waals surface area contributed by atoms with Crippen molar-refractivity contribution in [2.24, 2.45) is 0 Å². The van der Waals surface area contributed by atoms with Crippen LogP contribution in [-0.4, -0.2) is 25.5 Å². The number of ether oxygens (including phenoxy) is 1. The van der Waals surface area contributed by atoms with Gasteiger partial charge in [0.15, 0.2) is 0 Å². The molecule has 1 rings (SSSR count). The Morgan fingerprint density at radius 3 is 2.47 bits per heavy atom. The van der Waals surface area contributed by atoms with E-state index >= 15 is 0 Å². The molecule has 0 atom stereocenters. The van der Waals surface area contributed by atoms with E-state index in [0.29, 0.717) is 6.61 Å². The number of anilines is 2. The van der Waals surface area contributed by atoms with Crippen LogP contribution in [0.2, 0.25) is 0 Å². The Morgan fingerprint density at radius 1 is 1.41 bits per heavy atom. The van der Waals surface area contributed by atoms with Crippen LogP contribution in [-0.2, 0) is 9.53 Å². The van der Waals surface area contributed by atoms with Crippen molar-refractivity contribution in [3.8, 4) is 0 Å². The molecule has 1 aromatic rings. The molecule has 0 aromatic carbocycles. The van der Waals surface area contributed by atoms with Gasteiger partial charge >= 0.3 is 6.09 Å². The standard InChI is InChI=1S/C8H12N2O2S.C3H6O/c1-3-12-8(11)10-6-4-5-13-7(6)9-2;1-3(2)4/h4-5,9H,3H2,1-2H3,(H,10,11);1-2H3. The number of rotatable bonds is 3. The predicted octanol–water partition coefficient (Wildman–Crippen LogP) is 2.95. The van der Waals surface area contributed by atoms with Gasteiger partial charge in [0.2, 0.25) is 0 Å². The van der Waals surface area contributed by atoms with Crippen molar-refractivity contribution in [1.82, 2.24) is 0 Å². The molecule has 0 saturated carbocycles. The second kappa shape index (κ2) is 8.58. The Hall–Kier alpha value is -1.56. The number of hydrogen-bond donors (Lipinski definition) is 2. The molecule has 0 aliphatic rings. The van der Waals surface area contributed by atoms with Crippen LogP contribution in [0.3, 0.4) is 0 Å². The van der Waals surface area contributed by atoms with E-state index in [-0.39, 0.29) is 5.78 Å². The summed E-state index contributed by atoms with van der Waals surface area (Å²) in [6, 6.07) is 1.83. The average Bonchev–Trinajstić information content (AvgIpc) is 2.64. The lowest BCUT2D eigenvalue weighted by Crippen LogP contribution is -2.13. The maximum atomic E-state index is 11.0. The van der Waals surface area contributed by atoms with Crippen LogP contribution in [0.5, 0.6) is 0 Å². The SMILES string of the molecule is CC(C)=O.CCOC(=O)Nc1ccsc1NC. The van der Waals surface area contributed by atoms with Crippen molar-refractivity contribution in [1.29, 1.82) is 0 Å².